The molecule has 1 fully saturated rings. The van der Waals surface area contributed by atoms with Crippen LogP contribution in [0.1, 0.15) is 11.6 Å². The van der Waals surface area contributed by atoms with Crippen LogP contribution in [0.25, 0.3) is 0 Å². The highest BCUT2D eigenvalue weighted by atomic mass is 16.2. The number of nitrogens with zero attached hydrogens (tertiary/aromatic N) is 3. The number of hydrogen-bond acceptors (Lipinski definition) is 3. The monoisotopic (exact) mass is 188 g/mol. The van der Waals surface area contributed by atoms with E-state index in [0.717, 1.165) is 10.5 Å². The minimum absolute atomic E-state index is 0.106. The zero-order valence-corrected chi connectivity index (χ0v) is 7.34. The molecule has 2 amide bonds. The van der Waals surface area contributed by atoms with Crippen molar-refractivity contribution in [2.24, 2.45) is 0 Å². The zero-order chi connectivity index (χ0) is 9.97. The van der Waals surface area contributed by atoms with E-state index in [1.807, 2.05) is 18.3 Å². The zero-order valence-electron chi connectivity index (χ0n) is 7.34. The van der Waals surface area contributed by atoms with Crippen LogP contribution < -0.4 is 5.32 Å². The third kappa shape index (κ3) is 1.38. The Bertz CT molecular complexity index is 384. The van der Waals surface area contributed by atoms with Crippen molar-refractivity contribution in [3.63, 3.8) is 0 Å². The fourth-order valence-corrected chi connectivity index (χ4v) is 1.41. The summed E-state index contributed by atoms with van der Waals surface area (Å²) >= 11 is 0. The van der Waals surface area contributed by atoms with E-state index in [1.54, 1.807) is 12.4 Å². The first-order chi connectivity index (χ1) is 6.81. The maximum absolute atomic E-state index is 11.2. The third-order valence-electron chi connectivity index (χ3n) is 2.14. The third-order valence-corrected chi connectivity index (χ3v) is 2.14. The van der Waals surface area contributed by atoms with Crippen LogP contribution in [0.4, 0.5) is 4.79 Å². The number of aromatic nitrogens is 1. The molecule has 2 heterocycles. The molecule has 0 spiro atoms. The molecule has 1 aromatic heterocycles. The number of urea groups is 1. The molecule has 1 aliphatic rings. The SMILES string of the molecule is N#CN1CC(c2ccncc2)NC1=O. The molecule has 1 saturated heterocycles. The predicted molar refractivity (Wildman–Crippen MR) is 47.8 cm³/mol. The van der Waals surface area contributed by atoms with Gasteiger partial charge < -0.3 is 5.32 Å². The number of carbonyl (C=O) groups is 1. The molecule has 0 aliphatic carbocycles. The average molecular weight is 188 g/mol. The molecule has 5 heteroatoms. The summed E-state index contributed by atoms with van der Waals surface area (Å²) in [6.07, 6.45) is 5.15. The lowest BCUT2D eigenvalue weighted by molar-refractivity contribution is 0.232. The minimum Gasteiger partial charge on any atom is -0.328 e. The van der Waals surface area contributed by atoms with Gasteiger partial charge in [-0.25, -0.2) is 9.69 Å². The Morgan fingerprint density at radius 2 is 2.29 bits per heavy atom. The Morgan fingerprint density at radius 3 is 2.86 bits per heavy atom. The van der Waals surface area contributed by atoms with Crippen LogP contribution in [0.2, 0.25) is 0 Å². The summed E-state index contributed by atoms with van der Waals surface area (Å²) in [7, 11) is 0. The first-order valence-electron chi connectivity index (χ1n) is 4.19. The fraction of sp³-hybridized carbons (Fsp3) is 0.222. The van der Waals surface area contributed by atoms with Crippen LogP contribution in [0.5, 0.6) is 0 Å². The molecule has 1 unspecified atom stereocenters. The van der Waals surface area contributed by atoms with Gasteiger partial charge in [0, 0.05) is 12.4 Å². The fourth-order valence-electron chi connectivity index (χ4n) is 1.41. The van der Waals surface area contributed by atoms with Crippen molar-refractivity contribution in [1.29, 1.82) is 5.26 Å². The Morgan fingerprint density at radius 1 is 1.57 bits per heavy atom. The number of pyridine rings is 1. The number of hydrogen-bond donors (Lipinski definition) is 1. The van der Waals surface area contributed by atoms with Crippen LogP contribution in [0.3, 0.4) is 0 Å². The van der Waals surface area contributed by atoms with E-state index >= 15 is 0 Å². The Kier molecular flexibility index (Phi) is 2.03. The Labute approximate surface area is 81.0 Å². The van der Waals surface area contributed by atoms with Crippen molar-refractivity contribution in [1.82, 2.24) is 15.2 Å². The van der Waals surface area contributed by atoms with Crippen molar-refractivity contribution < 1.29 is 4.79 Å². The van der Waals surface area contributed by atoms with Crippen molar-refractivity contribution in [3.05, 3.63) is 30.1 Å². The van der Waals surface area contributed by atoms with Crippen LogP contribution in [0.15, 0.2) is 24.5 Å². The number of nitrogens with one attached hydrogen (secondary N) is 1. The molecule has 0 bridgehead atoms. The van der Waals surface area contributed by atoms with Crippen LogP contribution in [-0.2, 0) is 0 Å². The Hall–Kier alpha value is -2.09. The van der Waals surface area contributed by atoms with E-state index in [4.69, 9.17) is 5.26 Å². The van der Waals surface area contributed by atoms with E-state index < -0.39 is 0 Å². The first kappa shape index (κ1) is 8.51. The molecule has 0 radical (unpaired) electrons. The predicted octanol–water partition coefficient (Wildman–Crippen LogP) is 0.629. The average Bonchev–Trinajstić information content (AvgIpc) is 2.61. The van der Waals surface area contributed by atoms with Crippen molar-refractivity contribution in [3.8, 4) is 6.19 Å². The van der Waals surface area contributed by atoms with Gasteiger partial charge >= 0.3 is 6.03 Å². The van der Waals surface area contributed by atoms with Gasteiger partial charge in [-0.3, -0.25) is 4.98 Å². The topological polar surface area (TPSA) is 69.0 Å². The van der Waals surface area contributed by atoms with E-state index in [2.05, 4.69) is 10.3 Å². The summed E-state index contributed by atoms with van der Waals surface area (Å²) in [5.41, 5.74) is 0.964. The lowest BCUT2D eigenvalue weighted by Gasteiger charge is -2.07. The van der Waals surface area contributed by atoms with E-state index in [-0.39, 0.29) is 12.1 Å². The molecule has 0 saturated carbocycles. The van der Waals surface area contributed by atoms with E-state index in [9.17, 15) is 4.79 Å². The molecule has 2 rings (SSSR count). The van der Waals surface area contributed by atoms with Gasteiger partial charge in [-0.2, -0.15) is 5.26 Å². The number of carbonyl (C=O) groups excluding carboxylic acids is 1. The van der Waals surface area contributed by atoms with Gasteiger partial charge in [-0.05, 0) is 17.7 Å². The van der Waals surface area contributed by atoms with E-state index in [0.29, 0.717) is 6.54 Å². The van der Waals surface area contributed by atoms with Crippen molar-refractivity contribution in [2.45, 2.75) is 6.04 Å². The maximum Gasteiger partial charge on any atom is 0.331 e. The second-order valence-corrected chi connectivity index (χ2v) is 2.99. The van der Waals surface area contributed by atoms with Gasteiger partial charge in [-0.15, -0.1) is 0 Å². The van der Waals surface area contributed by atoms with Gasteiger partial charge in [-0.1, -0.05) is 0 Å². The number of rotatable bonds is 1. The highest BCUT2D eigenvalue weighted by Gasteiger charge is 2.29. The van der Waals surface area contributed by atoms with Crippen LogP contribution in [-0.4, -0.2) is 22.5 Å². The lowest BCUT2D eigenvalue weighted by atomic mass is 10.1. The first-order valence-corrected chi connectivity index (χ1v) is 4.19. The summed E-state index contributed by atoms with van der Waals surface area (Å²) in [6.45, 7) is 0.388. The molecule has 1 aromatic rings. The maximum atomic E-state index is 11.2. The molecule has 14 heavy (non-hydrogen) atoms. The second-order valence-electron chi connectivity index (χ2n) is 2.99. The van der Waals surface area contributed by atoms with Crippen LogP contribution in [0, 0.1) is 11.5 Å². The normalized spacial score (nSPS) is 20.4. The van der Waals surface area contributed by atoms with Gasteiger partial charge in [0.25, 0.3) is 0 Å². The second kappa shape index (κ2) is 3.34. The molecule has 1 N–H and O–H groups in total. The molecule has 5 nitrogen and oxygen atoms in total. The largest absolute Gasteiger partial charge is 0.331 e. The van der Waals surface area contributed by atoms with Crippen LogP contribution >= 0.6 is 0 Å². The summed E-state index contributed by atoms with van der Waals surface area (Å²) in [5, 5.41) is 11.3. The molecule has 1 aliphatic heterocycles. The van der Waals surface area contributed by atoms with Crippen molar-refractivity contribution in [2.75, 3.05) is 6.54 Å². The molecule has 0 aromatic carbocycles. The number of nitriles is 1. The van der Waals surface area contributed by atoms with E-state index in [1.165, 1.54) is 0 Å². The minimum atomic E-state index is -0.339. The molecule has 1 atom stereocenters. The smallest absolute Gasteiger partial charge is 0.328 e. The molecular weight excluding hydrogens is 180 g/mol. The summed E-state index contributed by atoms with van der Waals surface area (Å²) in [4.78, 5) is 16.2. The standard InChI is InChI=1S/C9H8N4O/c10-6-13-5-8(12-9(13)14)7-1-3-11-4-2-7/h1-4,8H,5H2,(H,12,14). The summed E-state index contributed by atoms with van der Waals surface area (Å²) < 4.78 is 0. The highest BCUT2D eigenvalue weighted by molar-refractivity contribution is 5.78. The molecule has 70 valence electrons. The lowest BCUT2D eigenvalue weighted by Crippen LogP contribution is -2.23. The Balaban J connectivity index is 2.18. The quantitative estimate of drug-likeness (QED) is 0.657. The summed E-state index contributed by atoms with van der Waals surface area (Å²) in [5.74, 6) is 0. The van der Waals surface area contributed by atoms with Gasteiger partial charge in [0.05, 0.1) is 12.6 Å². The number of amides is 2. The summed E-state index contributed by atoms with van der Waals surface area (Å²) in [6, 6.07) is 3.21. The van der Waals surface area contributed by atoms with Crippen molar-refractivity contribution >= 4 is 6.03 Å². The molecular formula is C9H8N4O. The van der Waals surface area contributed by atoms with Gasteiger partial charge in [0.2, 0.25) is 0 Å². The van der Waals surface area contributed by atoms with Gasteiger partial charge in [0.15, 0.2) is 6.19 Å². The highest BCUT2D eigenvalue weighted by Crippen LogP contribution is 2.18. The van der Waals surface area contributed by atoms with Gasteiger partial charge in [0.1, 0.15) is 0 Å².